The average Bonchev–Trinajstić information content (AvgIpc) is 3.11. The van der Waals surface area contributed by atoms with E-state index in [2.05, 4.69) is 127 Å². The molecule has 0 amide bonds. The van der Waals surface area contributed by atoms with Gasteiger partial charge in [0.15, 0.2) is 5.82 Å². The van der Waals surface area contributed by atoms with Crippen molar-refractivity contribution in [2.75, 3.05) is 0 Å². The van der Waals surface area contributed by atoms with Crippen LogP contribution in [-0.4, -0.2) is 15.0 Å². The first-order valence-electron chi connectivity index (χ1n) is 15.6. The maximum Gasteiger partial charge on any atom is 0.160 e. The third kappa shape index (κ3) is 5.26. The van der Waals surface area contributed by atoms with Crippen LogP contribution >= 0.6 is 0 Å². The first-order valence-corrected chi connectivity index (χ1v) is 15.6. The Morgan fingerprint density at radius 3 is 2.34 bits per heavy atom. The monoisotopic (exact) mass is 567 g/mol. The molecule has 3 nitrogen and oxygen atoms in total. The van der Waals surface area contributed by atoms with Crippen molar-refractivity contribution in [1.29, 1.82) is 0 Å². The van der Waals surface area contributed by atoms with E-state index in [1.807, 2.05) is 12.3 Å². The quantitative estimate of drug-likeness (QED) is 0.212. The highest BCUT2D eigenvalue weighted by molar-refractivity contribution is 5.87. The van der Waals surface area contributed by atoms with Gasteiger partial charge in [0.05, 0.1) is 16.9 Å². The number of rotatable bonds is 5. The molecule has 0 spiro atoms. The standard InChI is InChI=1S/C41H33N3/c1-2-9-28(10-3-1)30-17-20-31(21-18-30)39-26-40(44-41(43-39)36-22-19-29-11-4-5-12-32(29)24-36)35-15-8-14-33(23-35)37-25-34-13-6-7-16-38(34)42-27-37/h2,4-14,16-17,19-27,30,35H,1,3,15,18H2. The van der Waals surface area contributed by atoms with Crippen LogP contribution in [0, 0.1) is 5.92 Å². The summed E-state index contributed by atoms with van der Waals surface area (Å²) in [6, 6.07) is 27.7. The van der Waals surface area contributed by atoms with Crippen LogP contribution in [0.3, 0.4) is 0 Å². The van der Waals surface area contributed by atoms with Gasteiger partial charge in [-0.15, -0.1) is 0 Å². The summed E-state index contributed by atoms with van der Waals surface area (Å²) in [5, 5.41) is 3.57. The minimum Gasteiger partial charge on any atom is -0.256 e. The fourth-order valence-corrected chi connectivity index (χ4v) is 6.54. The zero-order chi connectivity index (χ0) is 29.3. The molecule has 44 heavy (non-hydrogen) atoms. The number of benzene rings is 3. The lowest BCUT2D eigenvalue weighted by atomic mass is 9.86. The van der Waals surface area contributed by atoms with E-state index in [1.54, 1.807) is 0 Å². The Hall–Kier alpha value is -5.15. The van der Waals surface area contributed by atoms with Crippen LogP contribution < -0.4 is 0 Å². The summed E-state index contributed by atoms with van der Waals surface area (Å²) in [7, 11) is 0. The van der Waals surface area contributed by atoms with Gasteiger partial charge in [-0.2, -0.15) is 0 Å². The van der Waals surface area contributed by atoms with Crippen LogP contribution in [0.15, 0.2) is 145 Å². The molecule has 3 aliphatic carbocycles. The Balaban J connectivity index is 1.18. The maximum absolute atomic E-state index is 5.22. The summed E-state index contributed by atoms with van der Waals surface area (Å²) in [6.45, 7) is 0. The lowest BCUT2D eigenvalue weighted by Crippen LogP contribution is -2.08. The van der Waals surface area contributed by atoms with Gasteiger partial charge in [0.25, 0.3) is 0 Å². The fraction of sp³-hybridized carbons (Fsp3) is 0.146. The lowest BCUT2D eigenvalue weighted by Gasteiger charge is -2.21. The minimum atomic E-state index is 0.140. The first-order chi connectivity index (χ1) is 21.8. The van der Waals surface area contributed by atoms with Crippen LogP contribution in [-0.2, 0) is 0 Å². The Labute approximate surface area is 258 Å². The first kappa shape index (κ1) is 26.5. The van der Waals surface area contributed by atoms with Crippen molar-refractivity contribution < 1.29 is 0 Å². The topological polar surface area (TPSA) is 38.7 Å². The number of para-hydroxylation sites is 1. The number of hydrogen-bond acceptors (Lipinski definition) is 3. The van der Waals surface area contributed by atoms with Crippen molar-refractivity contribution in [3.05, 3.63) is 162 Å². The molecule has 0 saturated heterocycles. The maximum atomic E-state index is 5.22. The number of allylic oxidation sites excluding steroid dienone is 12. The van der Waals surface area contributed by atoms with Crippen LogP contribution in [0.4, 0.5) is 0 Å². The van der Waals surface area contributed by atoms with E-state index in [0.29, 0.717) is 5.92 Å². The number of nitrogens with zero attached hydrogens (tertiary/aromatic N) is 3. The molecule has 212 valence electrons. The lowest BCUT2D eigenvalue weighted by molar-refractivity contribution is 0.771. The molecule has 3 heteroatoms. The summed E-state index contributed by atoms with van der Waals surface area (Å²) in [5.74, 6) is 1.34. The predicted molar refractivity (Wildman–Crippen MR) is 183 cm³/mol. The van der Waals surface area contributed by atoms with Crippen LogP contribution in [0.1, 0.15) is 48.6 Å². The Kier molecular flexibility index (Phi) is 6.92. The molecule has 2 atom stereocenters. The third-order valence-corrected chi connectivity index (χ3v) is 8.97. The van der Waals surface area contributed by atoms with Crippen molar-refractivity contribution in [2.45, 2.75) is 31.6 Å². The summed E-state index contributed by atoms with van der Waals surface area (Å²) < 4.78 is 0. The molecule has 2 heterocycles. The van der Waals surface area contributed by atoms with E-state index >= 15 is 0 Å². The Morgan fingerprint density at radius 1 is 0.614 bits per heavy atom. The molecule has 2 unspecified atom stereocenters. The Morgan fingerprint density at radius 2 is 1.48 bits per heavy atom. The second-order valence-corrected chi connectivity index (χ2v) is 11.9. The molecule has 0 aliphatic heterocycles. The van der Waals surface area contributed by atoms with Crippen molar-refractivity contribution in [3.63, 3.8) is 0 Å². The zero-order valence-electron chi connectivity index (χ0n) is 24.6. The van der Waals surface area contributed by atoms with Gasteiger partial charge in [-0.3, -0.25) is 4.98 Å². The van der Waals surface area contributed by atoms with Gasteiger partial charge in [-0.25, -0.2) is 9.97 Å². The summed E-state index contributed by atoms with van der Waals surface area (Å²) in [6.07, 6.45) is 26.9. The highest BCUT2D eigenvalue weighted by Crippen LogP contribution is 2.35. The van der Waals surface area contributed by atoms with E-state index in [1.165, 1.54) is 27.5 Å². The zero-order valence-corrected chi connectivity index (χ0v) is 24.6. The van der Waals surface area contributed by atoms with E-state index in [9.17, 15) is 0 Å². The van der Waals surface area contributed by atoms with Gasteiger partial charge in [0.2, 0.25) is 0 Å². The van der Waals surface area contributed by atoms with E-state index < -0.39 is 0 Å². The number of pyridine rings is 1. The van der Waals surface area contributed by atoms with Gasteiger partial charge < -0.3 is 0 Å². The number of fused-ring (bicyclic) bond motifs is 2. The minimum absolute atomic E-state index is 0.140. The molecule has 3 aliphatic rings. The van der Waals surface area contributed by atoms with Gasteiger partial charge in [-0.05, 0) is 77.4 Å². The van der Waals surface area contributed by atoms with Gasteiger partial charge >= 0.3 is 0 Å². The Bertz CT molecular complexity index is 2090. The SMILES string of the molecule is C1=CC(C2C=CC(c3cc(C4C=C(c5cnc6ccccc6c5)C=CC4)nc(-c4ccc5ccccc5c4)n3)=CC2)=CCC1. The second-order valence-electron chi connectivity index (χ2n) is 11.9. The molecule has 3 aromatic carbocycles. The highest BCUT2D eigenvalue weighted by Gasteiger charge is 2.20. The van der Waals surface area contributed by atoms with Crippen molar-refractivity contribution in [1.82, 2.24) is 15.0 Å². The highest BCUT2D eigenvalue weighted by atomic mass is 14.9. The number of aromatic nitrogens is 3. The van der Waals surface area contributed by atoms with E-state index in [0.717, 1.165) is 64.9 Å². The van der Waals surface area contributed by atoms with Crippen molar-refractivity contribution in [2.24, 2.45) is 5.92 Å². The van der Waals surface area contributed by atoms with Crippen molar-refractivity contribution >= 4 is 32.8 Å². The molecule has 0 saturated carbocycles. The van der Waals surface area contributed by atoms with Gasteiger partial charge in [0.1, 0.15) is 0 Å². The molecule has 0 bridgehead atoms. The molecule has 8 rings (SSSR count). The largest absolute Gasteiger partial charge is 0.256 e. The van der Waals surface area contributed by atoms with Crippen LogP contribution in [0.2, 0.25) is 0 Å². The van der Waals surface area contributed by atoms with Crippen LogP contribution in [0.25, 0.3) is 44.2 Å². The fourth-order valence-electron chi connectivity index (χ4n) is 6.54. The average molecular weight is 568 g/mol. The molecule has 2 aromatic heterocycles. The summed E-state index contributed by atoms with van der Waals surface area (Å²) in [5.41, 5.74) is 8.99. The molecular formula is C41H33N3. The number of hydrogen-bond donors (Lipinski definition) is 0. The summed E-state index contributed by atoms with van der Waals surface area (Å²) in [4.78, 5) is 15.1. The van der Waals surface area contributed by atoms with Gasteiger partial charge in [-0.1, -0.05) is 109 Å². The smallest absolute Gasteiger partial charge is 0.160 e. The molecule has 5 aromatic rings. The molecule has 0 radical (unpaired) electrons. The second kappa shape index (κ2) is 11.5. The molecular weight excluding hydrogens is 534 g/mol. The third-order valence-electron chi connectivity index (χ3n) is 8.97. The van der Waals surface area contributed by atoms with E-state index in [-0.39, 0.29) is 5.92 Å². The molecule has 0 N–H and O–H groups in total. The summed E-state index contributed by atoms with van der Waals surface area (Å²) >= 11 is 0. The van der Waals surface area contributed by atoms with Gasteiger partial charge in [0, 0.05) is 34.5 Å². The van der Waals surface area contributed by atoms with Crippen LogP contribution in [0.5, 0.6) is 0 Å². The molecule has 0 fully saturated rings. The predicted octanol–water partition coefficient (Wildman–Crippen LogP) is 10.2. The van der Waals surface area contributed by atoms with E-state index in [4.69, 9.17) is 15.0 Å². The normalized spacial score (nSPS) is 19.6. The van der Waals surface area contributed by atoms with Crippen molar-refractivity contribution in [3.8, 4) is 11.4 Å².